The quantitative estimate of drug-likeness (QED) is 0.782. The van der Waals surface area contributed by atoms with E-state index in [9.17, 15) is 9.59 Å². The molecule has 2 aromatic heterocycles. The van der Waals surface area contributed by atoms with E-state index in [0.29, 0.717) is 36.4 Å². The topological polar surface area (TPSA) is 98.1 Å². The van der Waals surface area contributed by atoms with E-state index in [-0.39, 0.29) is 22.7 Å². The van der Waals surface area contributed by atoms with E-state index in [1.807, 2.05) is 0 Å². The summed E-state index contributed by atoms with van der Waals surface area (Å²) in [5.74, 6) is 0.849. The van der Waals surface area contributed by atoms with Crippen LogP contribution in [-0.4, -0.2) is 58.5 Å². The average molecular weight is 408 g/mol. The summed E-state index contributed by atoms with van der Waals surface area (Å²) >= 11 is 6.16. The summed E-state index contributed by atoms with van der Waals surface area (Å²) in [5, 5.41) is 7.40. The van der Waals surface area contributed by atoms with Gasteiger partial charge in [0.1, 0.15) is 22.1 Å². The van der Waals surface area contributed by atoms with Crippen LogP contribution in [0.3, 0.4) is 0 Å². The van der Waals surface area contributed by atoms with Crippen LogP contribution in [0.25, 0.3) is 5.65 Å². The molecule has 0 aromatic carbocycles. The predicted molar refractivity (Wildman–Crippen MR) is 102 cm³/mol. The Morgan fingerprint density at radius 2 is 2.04 bits per heavy atom. The van der Waals surface area contributed by atoms with Gasteiger partial charge in [0, 0.05) is 31.0 Å². The number of nitrogens with one attached hydrogen (secondary N) is 1. The van der Waals surface area contributed by atoms with Gasteiger partial charge in [-0.2, -0.15) is 9.61 Å². The molecule has 0 spiro atoms. The minimum Gasteiger partial charge on any atom is -0.443 e. The van der Waals surface area contributed by atoms with E-state index >= 15 is 0 Å². The number of carbonyl (C=O) groups is 2. The molecule has 0 bridgehead atoms. The van der Waals surface area contributed by atoms with Crippen LogP contribution < -0.4 is 10.2 Å². The Hall–Kier alpha value is -2.39. The molecule has 1 aliphatic heterocycles. The molecule has 2 amide bonds. The first-order valence-electron chi connectivity index (χ1n) is 9.05. The molecule has 0 radical (unpaired) electrons. The van der Waals surface area contributed by atoms with E-state index in [1.54, 1.807) is 27.8 Å². The first-order valence-corrected chi connectivity index (χ1v) is 9.43. The lowest BCUT2D eigenvalue weighted by atomic mass is 10.2. The Labute approximate surface area is 166 Å². The van der Waals surface area contributed by atoms with Crippen molar-refractivity contribution in [3.63, 3.8) is 0 Å². The molecule has 1 saturated heterocycles. The molecule has 1 aliphatic carbocycles. The molecule has 3 atom stereocenters. The van der Waals surface area contributed by atoms with Gasteiger partial charge in [-0.15, -0.1) is 0 Å². The lowest BCUT2D eigenvalue weighted by molar-refractivity contribution is 0.0587. The first-order chi connectivity index (χ1) is 13.2. The summed E-state index contributed by atoms with van der Waals surface area (Å²) in [6, 6.07) is 1.62. The standard InChI is InChI=1S/C18H22ClN5O4/c1-18(2,3)28-17(26)23(4)13-5-12(19)21-15-9(6-20-24(13)15)16(25)22-14-10-7-27-8-11(10)14/h5-6,10-11,14H,7-8H2,1-4H3,(H,22,25)/t10-,11+,14?. The van der Waals surface area contributed by atoms with Gasteiger partial charge in [-0.1, -0.05) is 11.6 Å². The van der Waals surface area contributed by atoms with Crippen LogP contribution in [0.5, 0.6) is 0 Å². The highest BCUT2D eigenvalue weighted by atomic mass is 35.5. The molecule has 3 heterocycles. The van der Waals surface area contributed by atoms with Crippen LogP contribution in [-0.2, 0) is 9.47 Å². The number of halogens is 1. The maximum Gasteiger partial charge on any atom is 0.415 e. The van der Waals surface area contributed by atoms with Crippen molar-refractivity contribution >= 4 is 35.1 Å². The van der Waals surface area contributed by atoms with Gasteiger partial charge in [0.15, 0.2) is 5.65 Å². The number of nitrogens with zero attached hydrogens (tertiary/aromatic N) is 4. The summed E-state index contributed by atoms with van der Waals surface area (Å²) in [7, 11) is 1.55. The molecule has 1 saturated carbocycles. The number of carbonyl (C=O) groups excluding carboxylic acids is 2. The lowest BCUT2D eigenvalue weighted by Crippen LogP contribution is -2.35. The second-order valence-corrected chi connectivity index (χ2v) is 8.52. The Morgan fingerprint density at radius 1 is 1.36 bits per heavy atom. The van der Waals surface area contributed by atoms with Gasteiger partial charge in [0.05, 0.1) is 19.4 Å². The number of amides is 2. The molecule has 1 N–H and O–H groups in total. The van der Waals surface area contributed by atoms with Gasteiger partial charge in [0.25, 0.3) is 5.91 Å². The summed E-state index contributed by atoms with van der Waals surface area (Å²) in [6.07, 6.45) is 0.859. The van der Waals surface area contributed by atoms with E-state index < -0.39 is 11.7 Å². The maximum absolute atomic E-state index is 12.7. The van der Waals surface area contributed by atoms with Crippen molar-refractivity contribution in [1.29, 1.82) is 0 Å². The van der Waals surface area contributed by atoms with E-state index in [0.717, 1.165) is 0 Å². The highest BCUT2D eigenvalue weighted by molar-refractivity contribution is 6.30. The van der Waals surface area contributed by atoms with Crippen LogP contribution >= 0.6 is 11.6 Å². The molecule has 2 fully saturated rings. The van der Waals surface area contributed by atoms with E-state index in [2.05, 4.69) is 15.4 Å². The van der Waals surface area contributed by atoms with E-state index in [1.165, 1.54) is 21.7 Å². The van der Waals surface area contributed by atoms with Crippen LogP contribution in [0.4, 0.5) is 10.6 Å². The number of ether oxygens (including phenoxy) is 2. The zero-order chi connectivity index (χ0) is 20.2. The Bertz CT molecular complexity index is 943. The molecule has 1 unspecified atom stereocenters. The summed E-state index contributed by atoms with van der Waals surface area (Å²) < 4.78 is 12.1. The maximum atomic E-state index is 12.7. The first kappa shape index (κ1) is 18.9. The van der Waals surface area contributed by atoms with Gasteiger partial charge >= 0.3 is 6.09 Å². The normalized spacial score (nSPS) is 23.4. The zero-order valence-electron chi connectivity index (χ0n) is 16.1. The fourth-order valence-corrected chi connectivity index (χ4v) is 3.60. The fourth-order valence-electron chi connectivity index (χ4n) is 3.42. The smallest absolute Gasteiger partial charge is 0.415 e. The summed E-state index contributed by atoms with van der Waals surface area (Å²) in [4.78, 5) is 30.7. The minimum atomic E-state index is -0.650. The Morgan fingerprint density at radius 3 is 2.68 bits per heavy atom. The second kappa shape index (κ2) is 6.59. The minimum absolute atomic E-state index is 0.124. The van der Waals surface area contributed by atoms with Crippen molar-refractivity contribution in [2.24, 2.45) is 11.8 Å². The largest absolute Gasteiger partial charge is 0.443 e. The van der Waals surface area contributed by atoms with Gasteiger partial charge < -0.3 is 14.8 Å². The molecule has 28 heavy (non-hydrogen) atoms. The number of rotatable bonds is 3. The van der Waals surface area contributed by atoms with Crippen molar-refractivity contribution < 1.29 is 19.1 Å². The number of fused-ring (bicyclic) bond motifs is 2. The average Bonchev–Trinajstić information content (AvgIpc) is 2.99. The van der Waals surface area contributed by atoms with E-state index in [4.69, 9.17) is 21.1 Å². The number of aromatic nitrogens is 3. The van der Waals surface area contributed by atoms with Crippen LogP contribution in [0.2, 0.25) is 5.15 Å². The third-order valence-electron chi connectivity index (χ3n) is 4.93. The zero-order valence-corrected chi connectivity index (χ0v) is 16.9. The van der Waals surface area contributed by atoms with Gasteiger partial charge in [-0.3, -0.25) is 9.69 Å². The number of hydrogen-bond donors (Lipinski definition) is 1. The van der Waals surface area contributed by atoms with Gasteiger partial charge in [-0.05, 0) is 20.8 Å². The van der Waals surface area contributed by atoms with Crippen molar-refractivity contribution in [2.45, 2.75) is 32.4 Å². The molecule has 4 rings (SSSR count). The van der Waals surface area contributed by atoms with Crippen molar-refractivity contribution in [2.75, 3.05) is 25.2 Å². The summed E-state index contributed by atoms with van der Waals surface area (Å²) in [6.45, 7) is 6.70. The lowest BCUT2D eigenvalue weighted by Gasteiger charge is -2.24. The van der Waals surface area contributed by atoms with Gasteiger partial charge in [0.2, 0.25) is 0 Å². The summed E-state index contributed by atoms with van der Waals surface area (Å²) in [5.41, 5.74) is -0.0765. The molecular formula is C18H22ClN5O4. The van der Waals surface area contributed by atoms with Crippen molar-refractivity contribution in [3.05, 3.63) is 23.0 Å². The number of hydrogen-bond acceptors (Lipinski definition) is 6. The third-order valence-corrected chi connectivity index (χ3v) is 5.12. The Kier molecular flexibility index (Phi) is 4.46. The molecule has 9 nitrogen and oxygen atoms in total. The molecule has 10 heteroatoms. The highest BCUT2D eigenvalue weighted by Crippen LogP contribution is 2.44. The molecule has 150 valence electrons. The highest BCUT2D eigenvalue weighted by Gasteiger charge is 2.54. The van der Waals surface area contributed by atoms with Crippen molar-refractivity contribution in [1.82, 2.24) is 19.9 Å². The van der Waals surface area contributed by atoms with Crippen LogP contribution in [0.15, 0.2) is 12.3 Å². The van der Waals surface area contributed by atoms with Crippen molar-refractivity contribution in [3.8, 4) is 0 Å². The second-order valence-electron chi connectivity index (χ2n) is 8.13. The fraction of sp³-hybridized carbons (Fsp3) is 0.556. The third kappa shape index (κ3) is 3.40. The molecule has 2 aliphatic rings. The molecule has 2 aromatic rings. The predicted octanol–water partition coefficient (Wildman–Crippen LogP) is 2.13. The van der Waals surface area contributed by atoms with Crippen LogP contribution in [0.1, 0.15) is 31.1 Å². The Balaban J connectivity index is 1.61. The molecular weight excluding hydrogens is 386 g/mol. The SMILES string of the molecule is CN(C(=O)OC(C)(C)C)c1cc(Cl)nc2c(C(=O)NC3[C@H]4COC[C@@H]34)cnn12. The van der Waals surface area contributed by atoms with Crippen LogP contribution in [0, 0.1) is 11.8 Å². The monoisotopic (exact) mass is 407 g/mol. The number of anilines is 1. The van der Waals surface area contributed by atoms with Gasteiger partial charge in [-0.25, -0.2) is 9.78 Å².